The van der Waals surface area contributed by atoms with Gasteiger partial charge in [-0.05, 0) is 60.1 Å². The molecule has 11 heteroatoms. The van der Waals surface area contributed by atoms with Crippen LogP contribution in [0, 0.1) is 5.82 Å². The fourth-order valence-electron chi connectivity index (χ4n) is 4.80. The summed E-state index contributed by atoms with van der Waals surface area (Å²) in [6.07, 6.45) is -1.08. The van der Waals surface area contributed by atoms with E-state index in [4.69, 9.17) is 24.9 Å². The van der Waals surface area contributed by atoms with Gasteiger partial charge < -0.3 is 29.8 Å². The van der Waals surface area contributed by atoms with Crippen LogP contribution in [-0.4, -0.2) is 77.1 Å². The minimum absolute atomic E-state index is 0.0658. The Morgan fingerprint density at radius 1 is 1.11 bits per heavy atom. The average molecular weight is 520 g/mol. The summed E-state index contributed by atoms with van der Waals surface area (Å²) < 4.78 is 31.4. The van der Waals surface area contributed by atoms with E-state index in [9.17, 15) is 14.0 Å². The second-order valence-corrected chi connectivity index (χ2v) is 11.8. The zero-order chi connectivity index (χ0) is 27.2. The Hall–Kier alpha value is -2.92. The third-order valence-electron chi connectivity index (χ3n) is 6.49. The maximum Gasteiger partial charge on any atom is 0.411 e. The number of benzene rings is 1. The van der Waals surface area contributed by atoms with Crippen molar-refractivity contribution in [3.63, 3.8) is 0 Å². The number of hydrogen-bond acceptors (Lipinski definition) is 8. The van der Waals surface area contributed by atoms with Gasteiger partial charge in [-0.3, -0.25) is 9.69 Å². The number of rotatable bonds is 3. The number of esters is 1. The number of likely N-dealkylation sites (tertiary alicyclic amines) is 1. The minimum atomic E-state index is -1.26. The van der Waals surface area contributed by atoms with E-state index in [1.807, 2.05) is 4.90 Å². The number of aromatic nitrogens is 2. The molecule has 2 aliphatic rings. The Morgan fingerprint density at radius 2 is 1.76 bits per heavy atom. The molecule has 1 aromatic heterocycles. The number of ether oxygens (including phenoxy) is 3. The minimum Gasteiger partial charge on any atom is -0.459 e. The Kier molecular flexibility index (Phi) is 7.15. The smallest absolute Gasteiger partial charge is 0.411 e. The van der Waals surface area contributed by atoms with Gasteiger partial charge in [0.1, 0.15) is 33.8 Å². The normalized spacial score (nSPS) is 23.3. The van der Waals surface area contributed by atoms with Crippen LogP contribution in [0.4, 0.5) is 14.9 Å². The van der Waals surface area contributed by atoms with E-state index < -0.39 is 40.7 Å². The molecule has 0 spiro atoms. The fourth-order valence-corrected chi connectivity index (χ4v) is 4.80. The molecule has 204 valence electrons. The molecule has 2 fully saturated rings. The van der Waals surface area contributed by atoms with Crippen LogP contribution in [-0.2, 0) is 24.4 Å². The highest BCUT2D eigenvalue weighted by Crippen LogP contribution is 2.40. The average Bonchev–Trinajstić information content (AvgIpc) is 3.21. The summed E-state index contributed by atoms with van der Waals surface area (Å²) in [6.45, 7) is 13.2. The van der Waals surface area contributed by atoms with E-state index >= 15 is 0 Å². The summed E-state index contributed by atoms with van der Waals surface area (Å²) in [5.41, 5.74) is 5.44. The van der Waals surface area contributed by atoms with E-state index in [1.165, 1.54) is 17.0 Å². The number of morpholine rings is 1. The lowest BCUT2D eigenvalue weighted by Gasteiger charge is -2.43. The molecule has 3 heterocycles. The lowest BCUT2D eigenvalue weighted by molar-refractivity contribution is -0.165. The van der Waals surface area contributed by atoms with Gasteiger partial charge in [-0.2, -0.15) is 0 Å². The lowest BCUT2D eigenvalue weighted by atomic mass is 9.76. The summed E-state index contributed by atoms with van der Waals surface area (Å²) >= 11 is 0. The number of H-pyrrole nitrogens is 1. The first-order valence-corrected chi connectivity index (χ1v) is 12.7. The number of amides is 1. The first kappa shape index (κ1) is 27.1. The van der Waals surface area contributed by atoms with Gasteiger partial charge in [0.25, 0.3) is 0 Å². The second kappa shape index (κ2) is 9.75. The van der Waals surface area contributed by atoms with Gasteiger partial charge in [0, 0.05) is 26.1 Å². The zero-order valence-electron chi connectivity index (χ0n) is 22.5. The van der Waals surface area contributed by atoms with Crippen molar-refractivity contribution in [3.05, 3.63) is 23.8 Å². The molecule has 2 aliphatic heterocycles. The largest absolute Gasteiger partial charge is 0.459 e. The Morgan fingerprint density at radius 3 is 2.35 bits per heavy atom. The third kappa shape index (κ3) is 5.82. The number of imidazole rings is 1. The molecule has 2 atom stereocenters. The van der Waals surface area contributed by atoms with Crippen LogP contribution < -0.4 is 10.6 Å². The molecule has 37 heavy (non-hydrogen) atoms. The van der Waals surface area contributed by atoms with Crippen LogP contribution in [0.15, 0.2) is 12.1 Å². The van der Waals surface area contributed by atoms with Gasteiger partial charge in [-0.15, -0.1) is 0 Å². The van der Waals surface area contributed by atoms with Crippen LogP contribution in [0.25, 0.3) is 11.0 Å². The van der Waals surface area contributed by atoms with Crippen molar-refractivity contribution < 1.29 is 28.2 Å². The summed E-state index contributed by atoms with van der Waals surface area (Å²) in [5, 5.41) is 0. The van der Waals surface area contributed by atoms with Crippen molar-refractivity contribution in [1.82, 2.24) is 14.9 Å². The molecule has 2 unspecified atom stereocenters. The molecule has 0 saturated carbocycles. The number of nitrogens with zero attached hydrogens (tertiary/aromatic N) is 3. The summed E-state index contributed by atoms with van der Waals surface area (Å²) in [5.74, 6) is -0.560. The van der Waals surface area contributed by atoms with Crippen molar-refractivity contribution in [2.45, 2.75) is 77.2 Å². The lowest BCUT2D eigenvalue weighted by Crippen LogP contribution is -2.59. The van der Waals surface area contributed by atoms with Crippen molar-refractivity contribution in [1.29, 1.82) is 0 Å². The maximum atomic E-state index is 14.6. The number of nitrogens with one attached hydrogen (secondary N) is 1. The molecule has 2 saturated heterocycles. The van der Waals surface area contributed by atoms with Crippen LogP contribution in [0.5, 0.6) is 0 Å². The number of carbonyl (C=O) groups excluding carboxylic acids is 2. The van der Waals surface area contributed by atoms with Crippen LogP contribution in [0.2, 0.25) is 0 Å². The number of hydrogen-bond donors (Lipinski definition) is 2. The molecule has 2 aromatic rings. The van der Waals surface area contributed by atoms with Gasteiger partial charge >= 0.3 is 12.1 Å². The molecule has 0 bridgehead atoms. The number of anilines is 1. The quantitative estimate of drug-likeness (QED) is 0.592. The fraction of sp³-hybridized carbons (Fsp3) is 0.654. The molecule has 4 rings (SSSR count). The van der Waals surface area contributed by atoms with Crippen molar-refractivity contribution in [3.8, 4) is 0 Å². The SMILES string of the molecule is CC(C)(C)OC(=O)N1CCC(C(=O)OC(C)(C)C)(c2nc3c(N4CCOCC4)cc(F)cc3[nH]2)CC1N. The van der Waals surface area contributed by atoms with Gasteiger partial charge in [-0.1, -0.05) is 0 Å². The van der Waals surface area contributed by atoms with E-state index in [1.54, 1.807) is 41.5 Å². The predicted molar refractivity (Wildman–Crippen MR) is 137 cm³/mol. The third-order valence-corrected chi connectivity index (χ3v) is 6.49. The molecule has 0 aliphatic carbocycles. The van der Waals surface area contributed by atoms with E-state index in [0.29, 0.717) is 48.8 Å². The number of nitrogens with two attached hydrogens (primary N) is 1. The topological polar surface area (TPSA) is 123 Å². The van der Waals surface area contributed by atoms with E-state index in [0.717, 1.165) is 0 Å². The van der Waals surface area contributed by atoms with Gasteiger partial charge in [0.15, 0.2) is 0 Å². The first-order chi connectivity index (χ1) is 17.2. The molecule has 1 aromatic carbocycles. The Bertz CT molecular complexity index is 1160. The highest BCUT2D eigenvalue weighted by Gasteiger charge is 2.52. The summed E-state index contributed by atoms with van der Waals surface area (Å²) in [4.78, 5) is 38.0. The number of halogens is 1. The van der Waals surface area contributed by atoms with Crippen molar-refractivity contribution in [2.75, 3.05) is 37.7 Å². The maximum absolute atomic E-state index is 14.6. The van der Waals surface area contributed by atoms with Crippen molar-refractivity contribution in [2.24, 2.45) is 5.73 Å². The number of piperidine rings is 1. The molecule has 1 amide bonds. The van der Waals surface area contributed by atoms with E-state index in [-0.39, 0.29) is 19.4 Å². The van der Waals surface area contributed by atoms with E-state index in [2.05, 4.69) is 4.98 Å². The Labute approximate surface area is 216 Å². The highest BCUT2D eigenvalue weighted by atomic mass is 19.1. The Balaban J connectivity index is 1.75. The van der Waals surface area contributed by atoms with Crippen LogP contribution >= 0.6 is 0 Å². The highest BCUT2D eigenvalue weighted by molar-refractivity contribution is 5.91. The number of carbonyl (C=O) groups is 2. The van der Waals surface area contributed by atoms with Crippen LogP contribution in [0.3, 0.4) is 0 Å². The monoisotopic (exact) mass is 519 g/mol. The molecule has 3 N–H and O–H groups in total. The molecule has 0 radical (unpaired) electrons. The summed E-state index contributed by atoms with van der Waals surface area (Å²) in [7, 11) is 0. The first-order valence-electron chi connectivity index (χ1n) is 12.7. The van der Waals surface area contributed by atoms with Gasteiger partial charge in [0.05, 0.1) is 30.6 Å². The zero-order valence-corrected chi connectivity index (χ0v) is 22.5. The molecular formula is C26H38FN5O5. The van der Waals surface area contributed by atoms with Gasteiger partial charge in [0.2, 0.25) is 0 Å². The van der Waals surface area contributed by atoms with Crippen LogP contribution in [0.1, 0.15) is 60.2 Å². The molecular weight excluding hydrogens is 481 g/mol. The second-order valence-electron chi connectivity index (χ2n) is 11.8. The number of fused-ring (bicyclic) bond motifs is 1. The standard InChI is InChI=1S/C26H38FN5O5/c1-24(2,3)36-22(33)26(7-8-32(19(28)15-26)23(34)37-25(4,5)6)21-29-17-13-16(27)14-18(20(17)30-21)31-9-11-35-12-10-31/h13-14,19H,7-12,15,28H2,1-6H3,(H,29,30). The number of aromatic amines is 1. The van der Waals surface area contributed by atoms with Crippen molar-refractivity contribution >= 4 is 28.8 Å². The predicted octanol–water partition coefficient (Wildman–Crippen LogP) is 3.43. The summed E-state index contributed by atoms with van der Waals surface area (Å²) in [6, 6.07) is 2.82. The molecule has 10 nitrogen and oxygen atoms in total. The van der Waals surface area contributed by atoms with Gasteiger partial charge in [-0.25, -0.2) is 14.2 Å².